The van der Waals surface area contributed by atoms with Gasteiger partial charge in [-0.1, -0.05) is 19.9 Å². The lowest BCUT2D eigenvalue weighted by atomic mass is 10.0. The molecule has 0 aliphatic heterocycles. The molecule has 0 saturated heterocycles. The Morgan fingerprint density at radius 3 is 2.61 bits per heavy atom. The molecule has 6 nitrogen and oxygen atoms in total. The zero-order valence-electron chi connectivity index (χ0n) is 13.8. The molecule has 0 aliphatic rings. The monoisotopic (exact) mass is 340 g/mol. The Hall–Kier alpha value is -1.89. The SMILES string of the molecule is COC(=O)[C@H](CC(C)C)NC(=O)CCCNC(=O)c1cccs1. The number of methoxy groups -OCH3 is 1. The second kappa shape index (κ2) is 9.99. The maximum Gasteiger partial charge on any atom is 0.328 e. The fraction of sp³-hybridized carbons (Fsp3) is 0.562. The number of carbonyl (C=O) groups excluding carboxylic acids is 3. The van der Waals surface area contributed by atoms with Crippen LogP contribution in [0.25, 0.3) is 0 Å². The highest BCUT2D eigenvalue weighted by Crippen LogP contribution is 2.08. The van der Waals surface area contributed by atoms with Crippen LogP contribution in [0.1, 0.15) is 42.8 Å². The van der Waals surface area contributed by atoms with Crippen LogP contribution in [0, 0.1) is 5.92 Å². The molecule has 0 saturated carbocycles. The Kier molecular flexibility index (Phi) is 8.32. The molecule has 7 heteroatoms. The van der Waals surface area contributed by atoms with Crippen molar-refractivity contribution < 1.29 is 19.1 Å². The summed E-state index contributed by atoms with van der Waals surface area (Å²) in [6.07, 6.45) is 1.29. The van der Waals surface area contributed by atoms with Gasteiger partial charge in [0.2, 0.25) is 5.91 Å². The van der Waals surface area contributed by atoms with E-state index in [2.05, 4.69) is 10.6 Å². The maximum atomic E-state index is 11.9. The van der Waals surface area contributed by atoms with Gasteiger partial charge >= 0.3 is 5.97 Å². The maximum absolute atomic E-state index is 11.9. The number of amides is 2. The van der Waals surface area contributed by atoms with Crippen molar-refractivity contribution in [3.63, 3.8) is 0 Å². The highest BCUT2D eigenvalue weighted by molar-refractivity contribution is 7.12. The van der Waals surface area contributed by atoms with E-state index in [4.69, 9.17) is 4.74 Å². The Morgan fingerprint density at radius 1 is 1.30 bits per heavy atom. The van der Waals surface area contributed by atoms with Crippen molar-refractivity contribution in [2.24, 2.45) is 5.92 Å². The molecule has 0 aromatic carbocycles. The third-order valence-electron chi connectivity index (χ3n) is 3.14. The van der Waals surface area contributed by atoms with Crippen molar-refractivity contribution in [1.29, 1.82) is 0 Å². The zero-order valence-corrected chi connectivity index (χ0v) is 14.6. The molecule has 2 amide bonds. The van der Waals surface area contributed by atoms with Gasteiger partial charge in [0.15, 0.2) is 0 Å². The van der Waals surface area contributed by atoms with E-state index in [-0.39, 0.29) is 24.2 Å². The summed E-state index contributed by atoms with van der Waals surface area (Å²) in [6, 6.07) is 2.95. The van der Waals surface area contributed by atoms with Crippen LogP contribution in [0.3, 0.4) is 0 Å². The molecule has 2 N–H and O–H groups in total. The summed E-state index contributed by atoms with van der Waals surface area (Å²) in [4.78, 5) is 35.9. The fourth-order valence-electron chi connectivity index (χ4n) is 2.04. The number of hydrogen-bond acceptors (Lipinski definition) is 5. The van der Waals surface area contributed by atoms with Crippen LogP contribution in [0.4, 0.5) is 0 Å². The van der Waals surface area contributed by atoms with E-state index in [9.17, 15) is 14.4 Å². The predicted octanol–water partition coefficient (Wildman–Crippen LogP) is 1.96. The van der Waals surface area contributed by atoms with E-state index in [0.29, 0.717) is 24.3 Å². The van der Waals surface area contributed by atoms with Crippen molar-refractivity contribution in [1.82, 2.24) is 10.6 Å². The van der Waals surface area contributed by atoms with E-state index in [0.717, 1.165) is 0 Å². The smallest absolute Gasteiger partial charge is 0.328 e. The second-order valence-corrected chi connectivity index (χ2v) is 6.56. The minimum absolute atomic E-state index is 0.132. The number of nitrogens with one attached hydrogen (secondary N) is 2. The van der Waals surface area contributed by atoms with Crippen LogP contribution < -0.4 is 10.6 Å². The van der Waals surface area contributed by atoms with Crippen LogP contribution >= 0.6 is 11.3 Å². The molecule has 0 aliphatic carbocycles. The molecule has 1 atom stereocenters. The third-order valence-corrected chi connectivity index (χ3v) is 4.01. The molecule has 0 fully saturated rings. The highest BCUT2D eigenvalue weighted by Gasteiger charge is 2.22. The Morgan fingerprint density at radius 2 is 2.04 bits per heavy atom. The summed E-state index contributed by atoms with van der Waals surface area (Å²) >= 11 is 1.37. The number of thiophene rings is 1. The molecule has 0 spiro atoms. The van der Waals surface area contributed by atoms with E-state index in [1.165, 1.54) is 18.4 Å². The summed E-state index contributed by atoms with van der Waals surface area (Å²) in [5.74, 6) is -0.512. The first-order valence-electron chi connectivity index (χ1n) is 7.63. The van der Waals surface area contributed by atoms with Crippen LogP contribution in [0.15, 0.2) is 17.5 Å². The predicted molar refractivity (Wildman–Crippen MR) is 89.3 cm³/mol. The van der Waals surface area contributed by atoms with Crippen molar-refractivity contribution in [3.8, 4) is 0 Å². The van der Waals surface area contributed by atoms with Gasteiger partial charge in [-0.25, -0.2) is 4.79 Å². The van der Waals surface area contributed by atoms with Crippen LogP contribution in [0.2, 0.25) is 0 Å². The summed E-state index contributed by atoms with van der Waals surface area (Å²) in [5, 5.41) is 7.29. The van der Waals surface area contributed by atoms with Crippen molar-refractivity contribution in [3.05, 3.63) is 22.4 Å². The van der Waals surface area contributed by atoms with Gasteiger partial charge in [-0.15, -0.1) is 11.3 Å². The van der Waals surface area contributed by atoms with Gasteiger partial charge in [0.25, 0.3) is 5.91 Å². The van der Waals surface area contributed by atoms with E-state index < -0.39 is 12.0 Å². The van der Waals surface area contributed by atoms with Crippen LogP contribution in [0.5, 0.6) is 0 Å². The second-order valence-electron chi connectivity index (χ2n) is 5.61. The zero-order chi connectivity index (χ0) is 17.2. The molecule has 0 bridgehead atoms. The average molecular weight is 340 g/mol. The molecule has 1 heterocycles. The Balaban J connectivity index is 2.29. The molecular formula is C16H24N2O4S. The van der Waals surface area contributed by atoms with Gasteiger partial charge in [0, 0.05) is 13.0 Å². The minimum Gasteiger partial charge on any atom is -0.467 e. The van der Waals surface area contributed by atoms with Gasteiger partial charge in [-0.05, 0) is 30.2 Å². The number of hydrogen-bond donors (Lipinski definition) is 2. The van der Waals surface area contributed by atoms with Gasteiger partial charge in [-0.3, -0.25) is 9.59 Å². The minimum atomic E-state index is -0.617. The first-order valence-corrected chi connectivity index (χ1v) is 8.51. The molecule has 128 valence electrons. The van der Waals surface area contributed by atoms with Gasteiger partial charge in [-0.2, -0.15) is 0 Å². The Bertz CT molecular complexity index is 514. The Labute approximate surface area is 140 Å². The lowest BCUT2D eigenvalue weighted by molar-refractivity contribution is -0.145. The van der Waals surface area contributed by atoms with Crippen LogP contribution in [-0.2, 0) is 14.3 Å². The molecule has 0 unspecified atom stereocenters. The first-order chi connectivity index (χ1) is 10.9. The largest absolute Gasteiger partial charge is 0.467 e. The molecule has 0 radical (unpaired) electrons. The third kappa shape index (κ3) is 7.27. The summed E-state index contributed by atoms with van der Waals surface area (Å²) in [5.41, 5.74) is 0. The van der Waals surface area contributed by atoms with E-state index >= 15 is 0 Å². The highest BCUT2D eigenvalue weighted by atomic mass is 32.1. The van der Waals surface area contributed by atoms with Crippen LogP contribution in [-0.4, -0.2) is 37.5 Å². The molecule has 1 aromatic heterocycles. The topological polar surface area (TPSA) is 84.5 Å². The summed E-state index contributed by atoms with van der Waals surface area (Å²) in [6.45, 7) is 4.36. The van der Waals surface area contributed by atoms with E-state index in [1.54, 1.807) is 6.07 Å². The molecule has 1 aromatic rings. The van der Waals surface area contributed by atoms with Crippen molar-refractivity contribution in [2.75, 3.05) is 13.7 Å². The molecule has 1 rings (SSSR count). The first kappa shape index (κ1) is 19.2. The lowest BCUT2D eigenvalue weighted by Gasteiger charge is -2.18. The quantitative estimate of drug-likeness (QED) is 0.532. The van der Waals surface area contributed by atoms with Gasteiger partial charge in [0.1, 0.15) is 6.04 Å². The fourth-order valence-corrected chi connectivity index (χ4v) is 2.68. The normalized spacial score (nSPS) is 11.8. The summed E-state index contributed by atoms with van der Waals surface area (Å²) < 4.78 is 4.70. The number of rotatable bonds is 9. The molecular weight excluding hydrogens is 316 g/mol. The standard InChI is InChI=1S/C16H24N2O4S/c1-11(2)10-12(16(21)22-3)18-14(19)7-4-8-17-15(20)13-6-5-9-23-13/h5-6,9,11-12H,4,7-8,10H2,1-3H3,(H,17,20)(H,18,19)/t12-/m0/s1. The molecule has 23 heavy (non-hydrogen) atoms. The number of ether oxygens (including phenoxy) is 1. The van der Waals surface area contributed by atoms with Crippen molar-refractivity contribution >= 4 is 29.1 Å². The number of carbonyl (C=O) groups is 3. The average Bonchev–Trinajstić information content (AvgIpc) is 3.03. The lowest BCUT2D eigenvalue weighted by Crippen LogP contribution is -2.42. The summed E-state index contributed by atoms with van der Waals surface area (Å²) in [7, 11) is 1.31. The number of esters is 1. The van der Waals surface area contributed by atoms with Gasteiger partial charge in [0.05, 0.1) is 12.0 Å². The van der Waals surface area contributed by atoms with Gasteiger partial charge < -0.3 is 15.4 Å². The van der Waals surface area contributed by atoms with Crippen molar-refractivity contribution in [2.45, 2.75) is 39.2 Å². The van der Waals surface area contributed by atoms with E-state index in [1.807, 2.05) is 25.3 Å².